The number of hydrogen-bond acceptors (Lipinski definition) is 2. The van der Waals surface area contributed by atoms with Crippen molar-refractivity contribution in [1.82, 2.24) is 10.2 Å². The number of nitrogens with one attached hydrogen (secondary N) is 1. The monoisotopic (exact) mass is 255 g/mol. The zero-order valence-corrected chi connectivity index (χ0v) is 8.65. The molecule has 0 radical (unpaired) electrons. The number of halogens is 2. The van der Waals surface area contributed by atoms with Crippen LogP contribution in [-0.2, 0) is 0 Å². The van der Waals surface area contributed by atoms with Crippen molar-refractivity contribution < 1.29 is 0 Å². The molecule has 0 aliphatic rings. The molecule has 2 aromatic rings. The Morgan fingerprint density at radius 2 is 2.31 bits per heavy atom. The van der Waals surface area contributed by atoms with Crippen LogP contribution in [0.25, 0.3) is 10.9 Å². The molecule has 64 valence electrons. The Hall–Kier alpha value is -1.05. The van der Waals surface area contributed by atoms with E-state index >= 15 is 0 Å². The number of nitrogens with zero attached hydrogens (tertiary/aromatic N) is 2. The van der Waals surface area contributed by atoms with Crippen LogP contribution in [0.1, 0.15) is 5.69 Å². The Morgan fingerprint density at radius 1 is 1.54 bits per heavy atom. The topological polar surface area (TPSA) is 52.5 Å². The van der Waals surface area contributed by atoms with E-state index in [9.17, 15) is 0 Å². The normalized spacial score (nSPS) is 10.2. The lowest BCUT2D eigenvalue weighted by atomic mass is 10.2. The summed E-state index contributed by atoms with van der Waals surface area (Å²) in [4.78, 5) is 0. The smallest absolute Gasteiger partial charge is 0.171 e. The van der Waals surface area contributed by atoms with Crippen LogP contribution in [0, 0.1) is 11.3 Å². The molecule has 0 saturated carbocycles. The molecule has 1 aromatic carbocycles. The van der Waals surface area contributed by atoms with Crippen molar-refractivity contribution in [2.75, 3.05) is 0 Å². The van der Waals surface area contributed by atoms with Crippen LogP contribution in [0.2, 0.25) is 5.02 Å². The minimum Gasteiger partial charge on any atom is -0.275 e. The highest BCUT2D eigenvalue weighted by molar-refractivity contribution is 9.10. The fourth-order valence-electron chi connectivity index (χ4n) is 1.14. The summed E-state index contributed by atoms with van der Waals surface area (Å²) in [5.41, 5.74) is 1.07. The molecule has 0 aliphatic carbocycles. The van der Waals surface area contributed by atoms with Gasteiger partial charge in [0, 0.05) is 4.47 Å². The highest BCUT2D eigenvalue weighted by Crippen LogP contribution is 2.30. The maximum atomic E-state index is 8.73. The molecule has 0 bridgehead atoms. The average Bonchev–Trinajstić information content (AvgIpc) is 2.56. The minimum absolute atomic E-state index is 0.321. The van der Waals surface area contributed by atoms with Crippen molar-refractivity contribution in [3.63, 3.8) is 0 Å². The van der Waals surface area contributed by atoms with E-state index in [4.69, 9.17) is 16.9 Å². The molecule has 0 fully saturated rings. The van der Waals surface area contributed by atoms with Crippen molar-refractivity contribution in [2.45, 2.75) is 0 Å². The van der Waals surface area contributed by atoms with E-state index in [-0.39, 0.29) is 0 Å². The molecule has 0 saturated heterocycles. The second-order valence-electron chi connectivity index (χ2n) is 2.46. The fraction of sp³-hybridized carbons (Fsp3) is 0. The molecule has 13 heavy (non-hydrogen) atoms. The first-order chi connectivity index (χ1) is 6.24. The van der Waals surface area contributed by atoms with Crippen LogP contribution in [0.5, 0.6) is 0 Å². The zero-order valence-electron chi connectivity index (χ0n) is 6.31. The predicted octanol–water partition coefficient (Wildman–Crippen LogP) is 2.85. The first-order valence-electron chi connectivity index (χ1n) is 3.46. The van der Waals surface area contributed by atoms with Gasteiger partial charge in [-0.25, -0.2) is 0 Å². The highest BCUT2D eigenvalue weighted by Gasteiger charge is 2.10. The number of nitriles is 1. The lowest BCUT2D eigenvalue weighted by Gasteiger charge is -1.94. The van der Waals surface area contributed by atoms with Gasteiger partial charge in [-0.2, -0.15) is 10.4 Å². The molecule has 0 unspecified atom stereocenters. The first kappa shape index (κ1) is 8.54. The molecule has 2 rings (SSSR count). The molecular weight excluding hydrogens is 253 g/mol. The summed E-state index contributed by atoms with van der Waals surface area (Å²) in [5.74, 6) is 0. The Balaban J connectivity index is 2.98. The molecule has 0 amide bonds. The molecule has 5 heteroatoms. The maximum Gasteiger partial charge on any atom is 0.171 e. The van der Waals surface area contributed by atoms with Crippen molar-refractivity contribution in [3.05, 3.63) is 27.3 Å². The van der Waals surface area contributed by atoms with E-state index in [2.05, 4.69) is 26.1 Å². The Bertz CT molecular complexity index is 512. The molecular formula is C8H3BrClN3. The van der Waals surface area contributed by atoms with Gasteiger partial charge in [-0.15, -0.1) is 0 Å². The van der Waals surface area contributed by atoms with Crippen LogP contribution in [0.4, 0.5) is 0 Å². The number of aromatic amines is 1. The number of hydrogen-bond donors (Lipinski definition) is 1. The summed E-state index contributed by atoms with van der Waals surface area (Å²) in [6.07, 6.45) is 0. The van der Waals surface area contributed by atoms with Crippen molar-refractivity contribution in [3.8, 4) is 6.07 Å². The summed E-state index contributed by atoms with van der Waals surface area (Å²) in [7, 11) is 0. The summed E-state index contributed by atoms with van der Waals surface area (Å²) in [6, 6.07) is 5.51. The van der Waals surface area contributed by atoms with Crippen molar-refractivity contribution in [2.24, 2.45) is 0 Å². The molecule has 0 spiro atoms. The second kappa shape index (κ2) is 3.02. The SMILES string of the molecule is N#Cc1n[nH]c2c(Br)ccc(Cl)c12. The van der Waals surface area contributed by atoms with Gasteiger partial charge >= 0.3 is 0 Å². The third kappa shape index (κ3) is 1.21. The predicted molar refractivity (Wildman–Crippen MR) is 53.5 cm³/mol. The molecule has 0 aliphatic heterocycles. The van der Waals surface area contributed by atoms with Gasteiger partial charge in [-0.3, -0.25) is 5.10 Å². The molecule has 1 aromatic heterocycles. The van der Waals surface area contributed by atoms with E-state index in [0.29, 0.717) is 16.1 Å². The van der Waals surface area contributed by atoms with Crippen LogP contribution >= 0.6 is 27.5 Å². The third-order valence-electron chi connectivity index (χ3n) is 1.73. The quantitative estimate of drug-likeness (QED) is 0.788. The zero-order chi connectivity index (χ0) is 9.42. The van der Waals surface area contributed by atoms with Crippen LogP contribution < -0.4 is 0 Å². The molecule has 1 N–H and O–H groups in total. The van der Waals surface area contributed by atoms with Gasteiger partial charge in [0.15, 0.2) is 5.69 Å². The number of aromatic nitrogens is 2. The summed E-state index contributed by atoms with van der Waals surface area (Å²) < 4.78 is 0.848. The Labute approximate surface area is 87.4 Å². The lowest BCUT2D eigenvalue weighted by molar-refractivity contribution is 1.10. The maximum absolute atomic E-state index is 8.73. The number of fused-ring (bicyclic) bond motifs is 1. The molecule has 0 atom stereocenters. The van der Waals surface area contributed by atoms with Gasteiger partial charge in [0.1, 0.15) is 6.07 Å². The van der Waals surface area contributed by atoms with Crippen molar-refractivity contribution >= 4 is 38.4 Å². The molecule has 3 nitrogen and oxygen atoms in total. The van der Waals surface area contributed by atoms with Crippen molar-refractivity contribution in [1.29, 1.82) is 5.26 Å². The minimum atomic E-state index is 0.321. The molecule has 1 heterocycles. The van der Waals surface area contributed by atoms with Gasteiger partial charge in [-0.05, 0) is 28.1 Å². The first-order valence-corrected chi connectivity index (χ1v) is 4.63. The van der Waals surface area contributed by atoms with E-state index < -0.39 is 0 Å². The number of rotatable bonds is 0. The van der Waals surface area contributed by atoms with Gasteiger partial charge in [0.2, 0.25) is 0 Å². The Morgan fingerprint density at radius 3 is 3.00 bits per heavy atom. The van der Waals surface area contributed by atoms with Crippen LogP contribution in [0.3, 0.4) is 0 Å². The second-order valence-corrected chi connectivity index (χ2v) is 3.72. The number of H-pyrrole nitrogens is 1. The van der Waals surface area contributed by atoms with E-state index in [0.717, 1.165) is 9.99 Å². The van der Waals surface area contributed by atoms with E-state index in [1.54, 1.807) is 6.07 Å². The van der Waals surface area contributed by atoms with E-state index in [1.807, 2.05) is 12.1 Å². The third-order valence-corrected chi connectivity index (χ3v) is 2.70. The van der Waals surface area contributed by atoms with Gasteiger partial charge < -0.3 is 0 Å². The summed E-state index contributed by atoms with van der Waals surface area (Å²) in [5, 5.41) is 16.5. The van der Waals surface area contributed by atoms with E-state index in [1.165, 1.54) is 0 Å². The van der Waals surface area contributed by atoms with Crippen LogP contribution in [0.15, 0.2) is 16.6 Å². The van der Waals surface area contributed by atoms with Gasteiger partial charge in [0.05, 0.1) is 15.9 Å². The highest BCUT2D eigenvalue weighted by atomic mass is 79.9. The van der Waals surface area contributed by atoms with Gasteiger partial charge in [0.25, 0.3) is 0 Å². The number of benzene rings is 1. The van der Waals surface area contributed by atoms with Gasteiger partial charge in [-0.1, -0.05) is 11.6 Å². The summed E-state index contributed by atoms with van der Waals surface area (Å²) in [6.45, 7) is 0. The summed E-state index contributed by atoms with van der Waals surface area (Å²) >= 11 is 9.26. The largest absolute Gasteiger partial charge is 0.275 e. The Kier molecular flexibility index (Phi) is 1.98. The average molecular weight is 256 g/mol. The standard InChI is InChI=1S/C8H3BrClN3/c9-4-1-2-5(10)7-6(3-11)12-13-8(4)7/h1-2H,(H,12,13). The van der Waals surface area contributed by atoms with Crippen LogP contribution in [-0.4, -0.2) is 10.2 Å². The fourth-order valence-corrected chi connectivity index (χ4v) is 1.81. The lowest BCUT2D eigenvalue weighted by Crippen LogP contribution is -1.74.